The van der Waals surface area contributed by atoms with E-state index in [0.717, 1.165) is 55.4 Å². The lowest BCUT2D eigenvalue weighted by molar-refractivity contribution is 1.07. The highest BCUT2D eigenvalue weighted by atomic mass is 15.0. The van der Waals surface area contributed by atoms with Crippen molar-refractivity contribution in [3.63, 3.8) is 0 Å². The monoisotopic (exact) mass is 865 g/mol. The number of fused-ring (bicyclic) bond motifs is 10. The first-order chi connectivity index (χ1) is 33.7. The fourth-order valence-electron chi connectivity index (χ4n) is 10.6. The Morgan fingerprint density at radius 1 is 0.265 bits per heavy atom. The Labute approximate surface area is 391 Å². The molecule has 3 aromatic heterocycles. The Hall–Kier alpha value is -9.19. The van der Waals surface area contributed by atoms with Crippen LogP contribution in [-0.4, -0.2) is 24.1 Å². The molecule has 68 heavy (non-hydrogen) atoms. The highest BCUT2D eigenvalue weighted by Gasteiger charge is 2.23. The smallest absolute Gasteiger partial charge is 0.164 e. The van der Waals surface area contributed by atoms with E-state index in [0.29, 0.717) is 17.5 Å². The van der Waals surface area contributed by atoms with Crippen LogP contribution >= 0.6 is 0 Å². The van der Waals surface area contributed by atoms with Crippen LogP contribution in [0.25, 0.3) is 133 Å². The molecule has 0 radical (unpaired) electrons. The standard InChI is InChI=1S/C63H39N5/c1-4-19-41(20-5-1)52-38-59-60(51-30-15-14-28-49(51)52)54-37-53-50-29-16-17-31-55(50)68(57(53)39-58(54)67(59)47-33-32-40-18-10-11-25-44(40)35-47)56-36-46(34-45-26-12-13-27-48(45)56)63-65-61(42-21-6-2-7-22-42)64-62(66-63)43-23-8-3-9-24-43/h1-39H. The topological polar surface area (TPSA) is 48.5 Å². The summed E-state index contributed by atoms with van der Waals surface area (Å²) < 4.78 is 4.95. The van der Waals surface area contributed by atoms with Gasteiger partial charge in [-0.25, -0.2) is 15.0 Å². The van der Waals surface area contributed by atoms with Gasteiger partial charge in [0.25, 0.3) is 0 Å². The molecule has 5 nitrogen and oxygen atoms in total. The number of aromatic nitrogens is 5. The van der Waals surface area contributed by atoms with Gasteiger partial charge in [-0.15, -0.1) is 0 Å². The number of benzene rings is 11. The molecule has 5 heteroatoms. The first kappa shape index (κ1) is 38.1. The van der Waals surface area contributed by atoms with Crippen LogP contribution in [0.2, 0.25) is 0 Å². The van der Waals surface area contributed by atoms with Gasteiger partial charge in [0.05, 0.1) is 27.8 Å². The molecule has 0 saturated carbocycles. The van der Waals surface area contributed by atoms with Gasteiger partial charge < -0.3 is 9.13 Å². The zero-order valence-electron chi connectivity index (χ0n) is 36.8. The summed E-state index contributed by atoms with van der Waals surface area (Å²) in [5, 5.41) is 11.9. The first-order valence-corrected chi connectivity index (χ1v) is 23.1. The van der Waals surface area contributed by atoms with E-state index in [9.17, 15) is 0 Å². The van der Waals surface area contributed by atoms with E-state index >= 15 is 0 Å². The third-order valence-electron chi connectivity index (χ3n) is 13.7. The van der Waals surface area contributed by atoms with Gasteiger partial charge in [0.2, 0.25) is 0 Å². The summed E-state index contributed by atoms with van der Waals surface area (Å²) >= 11 is 0. The van der Waals surface area contributed by atoms with Crippen molar-refractivity contribution in [1.29, 1.82) is 0 Å². The highest BCUT2D eigenvalue weighted by molar-refractivity contribution is 6.27. The van der Waals surface area contributed by atoms with Crippen LogP contribution in [0.1, 0.15) is 0 Å². The normalized spacial score (nSPS) is 11.8. The number of nitrogens with zero attached hydrogens (tertiary/aromatic N) is 5. The van der Waals surface area contributed by atoms with Crippen LogP contribution in [0.5, 0.6) is 0 Å². The SMILES string of the molecule is c1ccc(-c2nc(-c3ccccc3)nc(-c3cc(-n4c5ccccc5c5cc6c7c8ccccc8c(-c8ccccc8)cc7n(-c7ccc8ccccc8c7)c6cc54)c4ccccc4c3)n2)cc1. The molecule has 11 aromatic carbocycles. The average molecular weight is 866 g/mol. The Balaban J connectivity index is 1.10. The molecular weight excluding hydrogens is 827 g/mol. The van der Waals surface area contributed by atoms with Crippen molar-refractivity contribution in [3.8, 4) is 56.7 Å². The minimum atomic E-state index is 0.616. The summed E-state index contributed by atoms with van der Waals surface area (Å²) in [4.78, 5) is 15.4. The van der Waals surface area contributed by atoms with Crippen LogP contribution < -0.4 is 0 Å². The van der Waals surface area contributed by atoms with Gasteiger partial charge in [0.15, 0.2) is 17.5 Å². The molecule has 0 fully saturated rings. The molecule has 0 bridgehead atoms. The van der Waals surface area contributed by atoms with Crippen molar-refractivity contribution in [3.05, 3.63) is 237 Å². The molecule has 0 spiro atoms. The molecule has 14 rings (SSSR count). The van der Waals surface area contributed by atoms with Crippen molar-refractivity contribution in [2.45, 2.75) is 0 Å². The summed E-state index contributed by atoms with van der Waals surface area (Å²) in [6.07, 6.45) is 0. The van der Waals surface area contributed by atoms with Crippen LogP contribution in [0, 0.1) is 0 Å². The molecule has 0 saturated heterocycles. The Morgan fingerprint density at radius 3 is 1.51 bits per heavy atom. The van der Waals surface area contributed by atoms with E-state index in [1.54, 1.807) is 0 Å². The molecule has 316 valence electrons. The molecule has 3 heterocycles. The molecule has 14 aromatic rings. The molecule has 0 aliphatic heterocycles. The summed E-state index contributed by atoms with van der Waals surface area (Å²) in [5.74, 6) is 1.88. The number of rotatable bonds is 6. The second-order valence-corrected chi connectivity index (χ2v) is 17.6. The van der Waals surface area contributed by atoms with Crippen LogP contribution in [0.4, 0.5) is 0 Å². The lowest BCUT2D eigenvalue weighted by atomic mass is 9.94. The van der Waals surface area contributed by atoms with Gasteiger partial charge in [0, 0.05) is 49.3 Å². The fraction of sp³-hybridized carbons (Fsp3) is 0. The third kappa shape index (κ3) is 5.99. The van der Waals surface area contributed by atoms with E-state index in [2.05, 4.69) is 209 Å². The van der Waals surface area contributed by atoms with Gasteiger partial charge in [-0.1, -0.05) is 188 Å². The second-order valence-electron chi connectivity index (χ2n) is 17.6. The van der Waals surface area contributed by atoms with Gasteiger partial charge in [-0.05, 0) is 86.6 Å². The van der Waals surface area contributed by atoms with E-state index in [1.165, 1.54) is 59.7 Å². The summed E-state index contributed by atoms with van der Waals surface area (Å²) in [6.45, 7) is 0. The van der Waals surface area contributed by atoms with Gasteiger partial charge in [0.1, 0.15) is 0 Å². The Morgan fingerprint density at radius 2 is 0.809 bits per heavy atom. The molecule has 0 aliphatic carbocycles. The summed E-state index contributed by atoms with van der Waals surface area (Å²) in [5.41, 5.74) is 11.9. The third-order valence-corrected chi connectivity index (χ3v) is 13.7. The zero-order chi connectivity index (χ0) is 44.7. The van der Waals surface area contributed by atoms with Crippen molar-refractivity contribution in [2.24, 2.45) is 0 Å². The molecule has 0 unspecified atom stereocenters. The van der Waals surface area contributed by atoms with Gasteiger partial charge in [-0.2, -0.15) is 0 Å². The summed E-state index contributed by atoms with van der Waals surface area (Å²) in [7, 11) is 0. The minimum absolute atomic E-state index is 0.616. The maximum Gasteiger partial charge on any atom is 0.164 e. The van der Waals surface area contributed by atoms with Crippen LogP contribution in [0.3, 0.4) is 0 Å². The van der Waals surface area contributed by atoms with E-state index in [4.69, 9.17) is 15.0 Å². The lowest BCUT2D eigenvalue weighted by Crippen LogP contribution is -2.02. The number of hydrogen-bond donors (Lipinski definition) is 0. The second kappa shape index (κ2) is 15.2. The van der Waals surface area contributed by atoms with E-state index in [1.807, 2.05) is 36.4 Å². The number of para-hydroxylation sites is 1. The molecular formula is C63H39N5. The number of hydrogen-bond acceptors (Lipinski definition) is 3. The Bertz CT molecular complexity index is 4250. The lowest BCUT2D eigenvalue weighted by Gasteiger charge is -2.15. The first-order valence-electron chi connectivity index (χ1n) is 23.1. The largest absolute Gasteiger partial charge is 0.309 e. The van der Waals surface area contributed by atoms with E-state index in [-0.39, 0.29) is 0 Å². The maximum atomic E-state index is 5.20. The average Bonchev–Trinajstić information content (AvgIpc) is 3.91. The molecule has 0 aliphatic rings. The summed E-state index contributed by atoms with van der Waals surface area (Å²) in [6, 6.07) is 84.9. The van der Waals surface area contributed by atoms with Crippen LogP contribution in [0.15, 0.2) is 237 Å². The van der Waals surface area contributed by atoms with Crippen molar-refractivity contribution in [1.82, 2.24) is 24.1 Å². The zero-order valence-corrected chi connectivity index (χ0v) is 36.8. The van der Waals surface area contributed by atoms with E-state index < -0.39 is 0 Å². The minimum Gasteiger partial charge on any atom is -0.309 e. The highest BCUT2D eigenvalue weighted by Crippen LogP contribution is 2.45. The van der Waals surface area contributed by atoms with Crippen molar-refractivity contribution >= 4 is 75.9 Å². The van der Waals surface area contributed by atoms with Gasteiger partial charge >= 0.3 is 0 Å². The van der Waals surface area contributed by atoms with Gasteiger partial charge in [-0.3, -0.25) is 0 Å². The predicted octanol–water partition coefficient (Wildman–Crippen LogP) is 16.2. The molecule has 0 atom stereocenters. The molecule has 0 amide bonds. The quantitative estimate of drug-likeness (QED) is 0.167. The van der Waals surface area contributed by atoms with Crippen molar-refractivity contribution < 1.29 is 0 Å². The molecule has 0 N–H and O–H groups in total. The predicted molar refractivity (Wildman–Crippen MR) is 283 cm³/mol. The maximum absolute atomic E-state index is 5.20. The van der Waals surface area contributed by atoms with Crippen molar-refractivity contribution in [2.75, 3.05) is 0 Å². The van der Waals surface area contributed by atoms with Crippen LogP contribution in [-0.2, 0) is 0 Å². The fourth-order valence-corrected chi connectivity index (χ4v) is 10.6. The Kier molecular flexibility index (Phi) is 8.52.